The zero-order valence-electron chi connectivity index (χ0n) is 17.6. The van der Waals surface area contributed by atoms with Crippen LogP contribution in [0.2, 0.25) is 0 Å². The highest BCUT2D eigenvalue weighted by Gasteiger charge is 2.31. The first kappa shape index (κ1) is 23.3. The molecule has 2 atom stereocenters. The molecule has 1 fully saturated rings. The number of aromatic nitrogens is 1. The number of aliphatic carboxylic acids is 2. The van der Waals surface area contributed by atoms with Gasteiger partial charge in [0.05, 0.1) is 6.04 Å². The van der Waals surface area contributed by atoms with E-state index in [-0.39, 0.29) is 18.7 Å². The van der Waals surface area contributed by atoms with E-state index in [2.05, 4.69) is 10.3 Å². The summed E-state index contributed by atoms with van der Waals surface area (Å²) in [6.07, 6.45) is 2.50. The number of rotatable bonds is 9. The molecule has 0 bridgehead atoms. The van der Waals surface area contributed by atoms with Crippen LogP contribution in [-0.2, 0) is 25.6 Å². The van der Waals surface area contributed by atoms with Gasteiger partial charge in [0.1, 0.15) is 6.04 Å². The summed E-state index contributed by atoms with van der Waals surface area (Å²) in [5.74, 6) is -3.44. The van der Waals surface area contributed by atoms with Gasteiger partial charge >= 0.3 is 11.9 Å². The number of piperidine rings is 1. The normalized spacial score (nSPS) is 16.5. The summed E-state index contributed by atoms with van der Waals surface area (Å²) in [7, 11) is 0. The summed E-state index contributed by atoms with van der Waals surface area (Å²) in [5.41, 5.74) is 8.14. The van der Waals surface area contributed by atoms with Crippen molar-refractivity contribution >= 4 is 34.7 Å². The second-order valence-electron chi connectivity index (χ2n) is 8.10. The largest absolute Gasteiger partial charge is 0.481 e. The zero-order valence-corrected chi connectivity index (χ0v) is 17.6. The molecule has 1 aromatic carbocycles. The number of carbonyl (C=O) groups excluding carboxylic acids is 2. The van der Waals surface area contributed by atoms with Gasteiger partial charge in [-0.3, -0.25) is 14.4 Å². The lowest BCUT2D eigenvalue weighted by molar-refractivity contribution is -0.144. The molecule has 3 rings (SSSR count). The summed E-state index contributed by atoms with van der Waals surface area (Å²) in [4.78, 5) is 52.0. The van der Waals surface area contributed by atoms with Crippen LogP contribution in [0.1, 0.15) is 31.2 Å². The Morgan fingerprint density at radius 2 is 1.84 bits per heavy atom. The number of carbonyl (C=O) groups is 4. The minimum atomic E-state index is -1.27. The maximum absolute atomic E-state index is 12.8. The van der Waals surface area contributed by atoms with Crippen molar-refractivity contribution in [2.75, 3.05) is 13.1 Å². The smallest absolute Gasteiger partial charge is 0.326 e. The van der Waals surface area contributed by atoms with Crippen molar-refractivity contribution in [3.05, 3.63) is 36.0 Å². The summed E-state index contributed by atoms with van der Waals surface area (Å²) in [5, 5.41) is 21.4. The van der Waals surface area contributed by atoms with Crippen molar-refractivity contribution in [3.8, 4) is 0 Å². The van der Waals surface area contributed by atoms with Crippen molar-refractivity contribution in [2.45, 2.75) is 44.2 Å². The van der Waals surface area contributed by atoms with Crippen LogP contribution in [0.3, 0.4) is 0 Å². The SMILES string of the molecule is N[C@@H](Cc1c[nH]c2ccccc12)C(=O)N1CCC(C(=O)N[C@@H](CCC(=O)O)C(=O)O)CC1. The molecular formula is C22H28N4O6. The Bertz CT molecular complexity index is 995. The van der Waals surface area contributed by atoms with Gasteiger partial charge in [0.15, 0.2) is 0 Å². The van der Waals surface area contributed by atoms with Crippen LogP contribution in [0.5, 0.6) is 0 Å². The lowest BCUT2D eigenvalue weighted by Gasteiger charge is -2.33. The highest BCUT2D eigenvalue weighted by molar-refractivity contribution is 5.87. The van der Waals surface area contributed by atoms with Crippen molar-refractivity contribution < 1.29 is 29.4 Å². The molecule has 0 spiro atoms. The van der Waals surface area contributed by atoms with E-state index in [1.165, 1.54) is 0 Å². The number of nitrogens with two attached hydrogens (primary N) is 1. The van der Waals surface area contributed by atoms with Gasteiger partial charge in [-0.05, 0) is 37.3 Å². The van der Waals surface area contributed by atoms with Gasteiger partial charge in [-0.2, -0.15) is 0 Å². The van der Waals surface area contributed by atoms with Gasteiger partial charge in [0, 0.05) is 42.5 Å². The molecule has 2 aromatic rings. The summed E-state index contributed by atoms with van der Waals surface area (Å²) in [6.45, 7) is 0.705. The predicted octanol–water partition coefficient (Wildman–Crippen LogP) is 0.711. The Morgan fingerprint density at radius 1 is 1.16 bits per heavy atom. The van der Waals surface area contributed by atoms with E-state index in [0.29, 0.717) is 32.4 Å². The van der Waals surface area contributed by atoms with Gasteiger partial charge < -0.3 is 31.1 Å². The van der Waals surface area contributed by atoms with Crippen LogP contribution in [-0.4, -0.2) is 69.0 Å². The average molecular weight is 444 g/mol. The summed E-state index contributed by atoms with van der Waals surface area (Å²) in [6, 6.07) is 5.84. The highest BCUT2D eigenvalue weighted by Crippen LogP contribution is 2.21. The zero-order chi connectivity index (χ0) is 23.3. The van der Waals surface area contributed by atoms with E-state index < -0.39 is 35.8 Å². The first-order valence-corrected chi connectivity index (χ1v) is 10.6. The molecule has 172 valence electrons. The fourth-order valence-corrected chi connectivity index (χ4v) is 4.04. The summed E-state index contributed by atoms with van der Waals surface area (Å²) < 4.78 is 0. The Kier molecular flexibility index (Phi) is 7.47. The van der Waals surface area contributed by atoms with E-state index in [0.717, 1.165) is 16.5 Å². The number of amides is 2. The van der Waals surface area contributed by atoms with Crippen LogP contribution in [0.4, 0.5) is 0 Å². The number of carboxylic acid groups (broad SMARTS) is 2. The molecule has 0 aliphatic carbocycles. The molecule has 1 aliphatic heterocycles. The van der Waals surface area contributed by atoms with Crippen LogP contribution < -0.4 is 11.1 Å². The fraction of sp³-hybridized carbons (Fsp3) is 0.455. The maximum Gasteiger partial charge on any atom is 0.326 e. The number of carboxylic acids is 2. The molecule has 10 heteroatoms. The maximum atomic E-state index is 12.8. The van der Waals surface area contributed by atoms with Crippen molar-refractivity contribution in [2.24, 2.45) is 11.7 Å². The molecule has 1 aromatic heterocycles. The second kappa shape index (κ2) is 10.3. The number of benzene rings is 1. The minimum Gasteiger partial charge on any atom is -0.481 e. The van der Waals surface area contributed by atoms with Gasteiger partial charge in [-0.1, -0.05) is 18.2 Å². The average Bonchev–Trinajstić information content (AvgIpc) is 3.18. The molecule has 2 amide bonds. The third-order valence-electron chi connectivity index (χ3n) is 5.87. The number of likely N-dealkylation sites (tertiary alicyclic amines) is 1. The number of hydrogen-bond donors (Lipinski definition) is 5. The number of para-hydroxylation sites is 1. The standard InChI is InChI=1S/C22H28N4O6/c23-16(11-14-12-24-17-4-2-1-3-15(14)17)21(30)26-9-7-13(8-10-26)20(29)25-18(22(31)32)5-6-19(27)28/h1-4,12-13,16,18,24H,5-11,23H2,(H,25,29)(H,27,28)(H,31,32)/t16-,18-/m0/s1. The molecule has 1 saturated heterocycles. The molecule has 10 nitrogen and oxygen atoms in total. The van der Waals surface area contributed by atoms with E-state index in [4.69, 9.17) is 10.8 Å². The molecule has 0 saturated carbocycles. The quantitative estimate of drug-likeness (QED) is 0.380. The van der Waals surface area contributed by atoms with Crippen LogP contribution >= 0.6 is 0 Å². The van der Waals surface area contributed by atoms with Crippen LogP contribution in [0.25, 0.3) is 10.9 Å². The van der Waals surface area contributed by atoms with Crippen molar-refractivity contribution in [1.82, 2.24) is 15.2 Å². The number of aromatic amines is 1. The van der Waals surface area contributed by atoms with E-state index in [1.54, 1.807) is 4.90 Å². The Labute approximate surface area is 184 Å². The minimum absolute atomic E-state index is 0.181. The Morgan fingerprint density at radius 3 is 2.50 bits per heavy atom. The third-order valence-corrected chi connectivity index (χ3v) is 5.87. The lowest BCUT2D eigenvalue weighted by Crippen LogP contribution is -2.51. The monoisotopic (exact) mass is 444 g/mol. The third kappa shape index (κ3) is 5.64. The second-order valence-corrected chi connectivity index (χ2v) is 8.10. The number of H-pyrrole nitrogens is 1. The molecule has 0 radical (unpaired) electrons. The number of fused-ring (bicyclic) bond motifs is 1. The topological polar surface area (TPSA) is 166 Å². The number of nitrogens with one attached hydrogen (secondary N) is 2. The van der Waals surface area contributed by atoms with Crippen molar-refractivity contribution in [3.63, 3.8) is 0 Å². The fourth-order valence-electron chi connectivity index (χ4n) is 4.04. The molecule has 32 heavy (non-hydrogen) atoms. The lowest BCUT2D eigenvalue weighted by atomic mass is 9.94. The molecule has 0 unspecified atom stereocenters. The van der Waals surface area contributed by atoms with E-state index in [1.807, 2.05) is 30.5 Å². The molecular weight excluding hydrogens is 416 g/mol. The molecule has 2 heterocycles. The van der Waals surface area contributed by atoms with Gasteiger partial charge in [-0.15, -0.1) is 0 Å². The molecule has 6 N–H and O–H groups in total. The Hall–Kier alpha value is -3.40. The first-order valence-electron chi connectivity index (χ1n) is 10.6. The highest BCUT2D eigenvalue weighted by atomic mass is 16.4. The van der Waals surface area contributed by atoms with E-state index in [9.17, 15) is 24.3 Å². The number of nitrogens with zero attached hydrogens (tertiary/aromatic N) is 1. The molecule has 1 aliphatic rings. The van der Waals surface area contributed by atoms with Crippen LogP contribution in [0.15, 0.2) is 30.5 Å². The van der Waals surface area contributed by atoms with Gasteiger partial charge in [0.2, 0.25) is 11.8 Å². The van der Waals surface area contributed by atoms with E-state index >= 15 is 0 Å². The Balaban J connectivity index is 1.50. The van der Waals surface area contributed by atoms with Gasteiger partial charge in [0.25, 0.3) is 0 Å². The van der Waals surface area contributed by atoms with Crippen LogP contribution in [0, 0.1) is 5.92 Å². The number of hydrogen-bond acceptors (Lipinski definition) is 5. The van der Waals surface area contributed by atoms with Gasteiger partial charge in [-0.25, -0.2) is 4.79 Å². The predicted molar refractivity (Wildman–Crippen MR) is 116 cm³/mol. The summed E-state index contributed by atoms with van der Waals surface area (Å²) >= 11 is 0. The first-order chi connectivity index (χ1) is 15.3. The van der Waals surface area contributed by atoms with Crippen molar-refractivity contribution in [1.29, 1.82) is 0 Å².